The first-order chi connectivity index (χ1) is 15.0. The molecular formula is C24H23N5O2. The van der Waals surface area contributed by atoms with Crippen molar-refractivity contribution in [2.45, 2.75) is 0 Å². The van der Waals surface area contributed by atoms with Crippen molar-refractivity contribution < 1.29 is 9.59 Å². The van der Waals surface area contributed by atoms with Crippen LogP contribution in [0, 0.1) is 0 Å². The summed E-state index contributed by atoms with van der Waals surface area (Å²) in [6, 6.07) is 13.3. The van der Waals surface area contributed by atoms with E-state index in [-0.39, 0.29) is 5.91 Å². The van der Waals surface area contributed by atoms with Crippen LogP contribution in [0.1, 0.15) is 20.7 Å². The Labute approximate surface area is 179 Å². The third-order valence-electron chi connectivity index (χ3n) is 6.02. The van der Waals surface area contributed by atoms with Gasteiger partial charge < -0.3 is 20.5 Å². The van der Waals surface area contributed by atoms with Crippen LogP contribution in [0.4, 0.5) is 0 Å². The van der Waals surface area contributed by atoms with Crippen LogP contribution in [0.25, 0.3) is 32.9 Å². The maximum absolute atomic E-state index is 13.0. The van der Waals surface area contributed by atoms with E-state index >= 15 is 0 Å². The quantitative estimate of drug-likeness (QED) is 0.540. The summed E-state index contributed by atoms with van der Waals surface area (Å²) in [5, 5.41) is 1.85. The van der Waals surface area contributed by atoms with E-state index in [4.69, 9.17) is 5.73 Å². The molecule has 1 saturated heterocycles. The van der Waals surface area contributed by atoms with Crippen molar-refractivity contribution in [2.24, 2.45) is 5.73 Å². The molecule has 0 radical (unpaired) electrons. The first-order valence-corrected chi connectivity index (χ1v) is 10.3. The maximum Gasteiger partial charge on any atom is 0.254 e. The highest BCUT2D eigenvalue weighted by molar-refractivity contribution is 6.17. The fourth-order valence-electron chi connectivity index (χ4n) is 4.24. The average molecular weight is 413 g/mol. The number of hydrogen-bond donors (Lipinski definition) is 2. The van der Waals surface area contributed by atoms with E-state index in [2.05, 4.69) is 21.9 Å². The van der Waals surface area contributed by atoms with Gasteiger partial charge in [-0.15, -0.1) is 0 Å². The van der Waals surface area contributed by atoms with Gasteiger partial charge in [-0.1, -0.05) is 6.07 Å². The van der Waals surface area contributed by atoms with Gasteiger partial charge in [-0.05, 0) is 54.6 Å². The number of aromatic amines is 1. The van der Waals surface area contributed by atoms with Gasteiger partial charge in [0.05, 0.1) is 11.1 Å². The predicted molar refractivity (Wildman–Crippen MR) is 121 cm³/mol. The molecule has 1 aliphatic rings. The minimum absolute atomic E-state index is 0.0289. The predicted octanol–water partition coefficient (Wildman–Crippen LogP) is 2.87. The van der Waals surface area contributed by atoms with Gasteiger partial charge in [-0.3, -0.25) is 14.6 Å². The zero-order valence-corrected chi connectivity index (χ0v) is 17.3. The second kappa shape index (κ2) is 7.52. The average Bonchev–Trinajstić information content (AvgIpc) is 3.16. The van der Waals surface area contributed by atoms with Gasteiger partial charge >= 0.3 is 0 Å². The number of pyridine rings is 1. The minimum Gasteiger partial charge on any atom is -0.366 e. The number of primary amides is 1. The molecule has 2 aromatic heterocycles. The number of carbonyl (C=O) groups is 2. The van der Waals surface area contributed by atoms with E-state index in [0.717, 1.165) is 53.6 Å². The largest absolute Gasteiger partial charge is 0.366 e. The highest BCUT2D eigenvalue weighted by Gasteiger charge is 2.21. The summed E-state index contributed by atoms with van der Waals surface area (Å²) < 4.78 is 0. The van der Waals surface area contributed by atoms with Crippen molar-refractivity contribution in [1.29, 1.82) is 0 Å². The molecule has 0 atom stereocenters. The number of nitrogens with two attached hydrogens (primary N) is 1. The number of nitrogens with one attached hydrogen (secondary N) is 1. The van der Waals surface area contributed by atoms with Crippen molar-refractivity contribution in [3.8, 4) is 11.1 Å². The molecule has 4 aromatic rings. The lowest BCUT2D eigenvalue weighted by Crippen LogP contribution is -2.47. The molecule has 0 saturated carbocycles. The van der Waals surface area contributed by atoms with Crippen LogP contribution in [0.15, 0.2) is 54.9 Å². The molecule has 1 aliphatic heterocycles. The number of likely N-dealkylation sites (N-methyl/N-ethyl adjacent to an activating group) is 1. The highest BCUT2D eigenvalue weighted by atomic mass is 16.2. The third kappa shape index (κ3) is 3.43. The van der Waals surface area contributed by atoms with E-state index in [1.54, 1.807) is 18.5 Å². The Bertz CT molecular complexity index is 1300. The van der Waals surface area contributed by atoms with Crippen molar-refractivity contribution >= 4 is 33.6 Å². The van der Waals surface area contributed by atoms with Crippen molar-refractivity contribution in [2.75, 3.05) is 33.2 Å². The molecule has 2 aromatic carbocycles. The number of piperazine rings is 1. The van der Waals surface area contributed by atoms with E-state index < -0.39 is 5.91 Å². The van der Waals surface area contributed by atoms with E-state index in [1.165, 1.54) is 0 Å². The Morgan fingerprint density at radius 1 is 0.935 bits per heavy atom. The van der Waals surface area contributed by atoms with Gasteiger partial charge in [0.25, 0.3) is 11.8 Å². The van der Waals surface area contributed by atoms with Crippen LogP contribution >= 0.6 is 0 Å². The SMILES string of the molecule is CN1CCN(C(=O)c2ccc3c(c2)[nH]c2c(C(N)=O)cc(-c4ccncc4)cc23)CC1. The van der Waals surface area contributed by atoms with Crippen LogP contribution in [0.5, 0.6) is 0 Å². The molecule has 3 N–H and O–H groups in total. The summed E-state index contributed by atoms with van der Waals surface area (Å²) in [6.45, 7) is 3.20. The van der Waals surface area contributed by atoms with Gasteiger partial charge in [-0.25, -0.2) is 0 Å². The van der Waals surface area contributed by atoms with Gasteiger partial charge in [0.1, 0.15) is 0 Å². The molecule has 0 bridgehead atoms. The highest BCUT2D eigenvalue weighted by Crippen LogP contribution is 2.33. The number of fused-ring (bicyclic) bond motifs is 3. The molecule has 2 amide bonds. The molecular weight excluding hydrogens is 390 g/mol. The molecule has 31 heavy (non-hydrogen) atoms. The molecule has 156 valence electrons. The molecule has 1 fully saturated rings. The first kappa shape index (κ1) is 19.3. The Balaban J connectivity index is 1.61. The van der Waals surface area contributed by atoms with Crippen molar-refractivity contribution in [1.82, 2.24) is 19.8 Å². The molecule has 7 heteroatoms. The monoisotopic (exact) mass is 413 g/mol. The lowest BCUT2D eigenvalue weighted by molar-refractivity contribution is 0.0664. The Morgan fingerprint density at radius 3 is 2.39 bits per heavy atom. The van der Waals surface area contributed by atoms with E-state index in [1.807, 2.05) is 41.3 Å². The van der Waals surface area contributed by atoms with Gasteiger partial charge in [-0.2, -0.15) is 0 Å². The van der Waals surface area contributed by atoms with E-state index in [0.29, 0.717) is 16.6 Å². The number of benzene rings is 2. The first-order valence-electron chi connectivity index (χ1n) is 10.3. The number of rotatable bonds is 3. The number of nitrogens with zero attached hydrogens (tertiary/aromatic N) is 3. The zero-order chi connectivity index (χ0) is 21.5. The number of amides is 2. The maximum atomic E-state index is 13.0. The lowest BCUT2D eigenvalue weighted by atomic mass is 9.99. The van der Waals surface area contributed by atoms with Crippen molar-refractivity contribution in [3.05, 3.63) is 66.0 Å². The van der Waals surface area contributed by atoms with E-state index in [9.17, 15) is 9.59 Å². The number of carbonyl (C=O) groups excluding carboxylic acids is 2. The summed E-state index contributed by atoms with van der Waals surface area (Å²) in [5.41, 5.74) is 10.1. The normalized spacial score (nSPS) is 14.9. The van der Waals surface area contributed by atoms with Crippen LogP contribution in [0.3, 0.4) is 0 Å². The third-order valence-corrected chi connectivity index (χ3v) is 6.02. The summed E-state index contributed by atoms with van der Waals surface area (Å²) in [5.74, 6) is -0.470. The smallest absolute Gasteiger partial charge is 0.254 e. The molecule has 0 spiro atoms. The molecule has 3 heterocycles. The Hall–Kier alpha value is -3.71. The molecule has 0 aliphatic carbocycles. The molecule has 7 nitrogen and oxygen atoms in total. The summed E-state index contributed by atoms with van der Waals surface area (Å²) in [7, 11) is 2.06. The van der Waals surface area contributed by atoms with Gasteiger partial charge in [0.15, 0.2) is 0 Å². The van der Waals surface area contributed by atoms with Crippen LogP contribution < -0.4 is 5.73 Å². The second-order valence-corrected chi connectivity index (χ2v) is 8.03. The van der Waals surface area contributed by atoms with Crippen LogP contribution in [0.2, 0.25) is 0 Å². The minimum atomic E-state index is -0.499. The Morgan fingerprint density at radius 2 is 1.68 bits per heavy atom. The number of aromatic nitrogens is 2. The van der Waals surface area contributed by atoms with Crippen molar-refractivity contribution in [3.63, 3.8) is 0 Å². The van der Waals surface area contributed by atoms with Gasteiger partial charge in [0, 0.05) is 60.4 Å². The fraction of sp³-hybridized carbons (Fsp3) is 0.208. The zero-order valence-electron chi connectivity index (χ0n) is 17.3. The summed E-state index contributed by atoms with van der Waals surface area (Å²) >= 11 is 0. The lowest BCUT2D eigenvalue weighted by Gasteiger charge is -2.32. The Kier molecular flexibility index (Phi) is 4.67. The second-order valence-electron chi connectivity index (χ2n) is 8.03. The molecule has 5 rings (SSSR count). The summed E-state index contributed by atoms with van der Waals surface area (Å²) in [4.78, 5) is 36.7. The fourth-order valence-corrected chi connectivity index (χ4v) is 4.24. The van der Waals surface area contributed by atoms with Crippen LogP contribution in [-0.4, -0.2) is 64.8 Å². The summed E-state index contributed by atoms with van der Waals surface area (Å²) in [6.07, 6.45) is 3.43. The number of H-pyrrole nitrogens is 1. The standard InChI is InChI=1S/C24H23N5O2/c1-28-8-10-29(11-9-28)24(31)16-2-3-18-19-12-17(15-4-6-26-7-5-15)13-20(23(25)30)22(19)27-21(18)14-16/h2-7,12-14,27H,8-11H2,1H3,(H2,25,30). The number of hydrogen-bond acceptors (Lipinski definition) is 4. The van der Waals surface area contributed by atoms with Crippen LogP contribution in [-0.2, 0) is 0 Å². The molecule has 0 unspecified atom stereocenters. The van der Waals surface area contributed by atoms with Gasteiger partial charge in [0.2, 0.25) is 0 Å². The topological polar surface area (TPSA) is 95.3 Å².